The minimum Gasteiger partial charge on any atom is -0.299 e. The number of Topliss-reactive ketones (excluding diaryl/α,β-unsaturated/α-hetero) is 1. The predicted octanol–water partition coefficient (Wildman–Crippen LogP) is 4.64. The van der Waals surface area contributed by atoms with Crippen LogP contribution in [0.2, 0.25) is 0 Å². The Hall–Kier alpha value is -1.42. The molecule has 0 heterocycles. The Morgan fingerprint density at radius 3 is 2.65 bits per heavy atom. The maximum atomic E-state index is 12.5. The summed E-state index contributed by atoms with van der Waals surface area (Å²) in [5.41, 5.74) is 1.53. The van der Waals surface area contributed by atoms with Gasteiger partial charge in [-0.15, -0.1) is 0 Å². The Kier molecular flexibility index (Phi) is 4.00. The first-order valence-electron chi connectivity index (χ1n) is 9.56. The summed E-state index contributed by atoms with van der Waals surface area (Å²) < 4.78 is 0. The summed E-state index contributed by atoms with van der Waals surface area (Å²) in [7, 11) is 0. The van der Waals surface area contributed by atoms with Gasteiger partial charge < -0.3 is 0 Å². The van der Waals surface area contributed by atoms with Gasteiger partial charge >= 0.3 is 0 Å². The highest BCUT2D eigenvalue weighted by molar-refractivity contribution is 8.17. The lowest BCUT2D eigenvalue weighted by Gasteiger charge is -2.56. The van der Waals surface area contributed by atoms with Crippen molar-refractivity contribution < 1.29 is 14.4 Å². The van der Waals surface area contributed by atoms with Crippen molar-refractivity contribution in [2.75, 3.05) is 0 Å². The topological polar surface area (TPSA) is 51.2 Å². The molecule has 3 fully saturated rings. The summed E-state index contributed by atoms with van der Waals surface area (Å²) in [5.74, 6) is 1.61. The van der Waals surface area contributed by atoms with E-state index in [1.54, 1.807) is 6.08 Å². The second-order valence-electron chi connectivity index (χ2n) is 8.88. The fraction of sp³-hybridized carbons (Fsp3) is 0.591. The zero-order valence-corrected chi connectivity index (χ0v) is 16.6. The van der Waals surface area contributed by atoms with E-state index in [9.17, 15) is 14.4 Å². The molecule has 0 saturated heterocycles. The van der Waals surface area contributed by atoms with Crippen LogP contribution in [0.5, 0.6) is 0 Å². The van der Waals surface area contributed by atoms with E-state index in [0.29, 0.717) is 34.9 Å². The van der Waals surface area contributed by atoms with Crippen LogP contribution in [-0.4, -0.2) is 16.7 Å². The second kappa shape index (κ2) is 5.79. The third-order valence-corrected chi connectivity index (χ3v) is 8.47. The Morgan fingerprint density at radius 2 is 1.96 bits per heavy atom. The summed E-state index contributed by atoms with van der Waals surface area (Å²) in [4.78, 5) is 37.3. The quantitative estimate of drug-likeness (QED) is 0.675. The number of thioether (sulfide) groups is 1. The third kappa shape index (κ3) is 2.30. The van der Waals surface area contributed by atoms with Gasteiger partial charge in [0.05, 0.1) is 4.91 Å². The molecule has 0 bridgehead atoms. The van der Waals surface area contributed by atoms with E-state index in [-0.39, 0.29) is 21.7 Å². The Morgan fingerprint density at radius 1 is 1.23 bits per heavy atom. The molecular weight excluding hydrogens is 344 g/mol. The molecule has 4 aliphatic carbocycles. The van der Waals surface area contributed by atoms with E-state index < -0.39 is 0 Å². The Labute approximate surface area is 159 Å². The number of hydrogen-bond acceptors (Lipinski definition) is 4. The normalized spacial score (nSPS) is 41.8. The maximum Gasteiger partial charge on any atom is 0.192 e. The summed E-state index contributed by atoms with van der Waals surface area (Å²) in [6.45, 7) is 10.2. The van der Waals surface area contributed by atoms with Crippen LogP contribution >= 0.6 is 11.8 Å². The van der Waals surface area contributed by atoms with Crippen molar-refractivity contribution >= 4 is 28.4 Å². The van der Waals surface area contributed by atoms with Crippen molar-refractivity contribution in [3.63, 3.8) is 0 Å². The lowest BCUT2D eigenvalue weighted by molar-refractivity contribution is -0.131. The second-order valence-corrected chi connectivity index (χ2v) is 10.1. The first kappa shape index (κ1) is 18.0. The van der Waals surface area contributed by atoms with Crippen molar-refractivity contribution in [3.8, 4) is 0 Å². The Balaban J connectivity index is 1.80. The van der Waals surface area contributed by atoms with Crippen LogP contribution in [0.25, 0.3) is 0 Å². The van der Waals surface area contributed by atoms with Gasteiger partial charge in [0.25, 0.3) is 0 Å². The van der Waals surface area contributed by atoms with E-state index in [1.807, 2.05) is 0 Å². The molecule has 0 N–H and O–H groups in total. The van der Waals surface area contributed by atoms with E-state index in [2.05, 4.69) is 26.5 Å². The van der Waals surface area contributed by atoms with Gasteiger partial charge in [-0.05, 0) is 72.4 Å². The number of allylic oxidation sites excluding steroid dienone is 5. The first-order chi connectivity index (χ1) is 12.2. The van der Waals surface area contributed by atoms with E-state index in [4.69, 9.17) is 0 Å². The van der Waals surface area contributed by atoms with Gasteiger partial charge in [-0.1, -0.05) is 26.5 Å². The third-order valence-electron chi connectivity index (χ3n) is 7.57. The molecular formula is C22H26O3S. The van der Waals surface area contributed by atoms with E-state index in [0.717, 1.165) is 48.6 Å². The lowest BCUT2D eigenvalue weighted by atomic mass is 9.48. The average molecular weight is 371 g/mol. The van der Waals surface area contributed by atoms with Crippen LogP contribution < -0.4 is 0 Å². The number of carbonyl (C=O) groups excluding carboxylic acids is 3. The molecule has 3 saturated carbocycles. The van der Waals surface area contributed by atoms with Gasteiger partial charge in [0.1, 0.15) is 5.78 Å². The highest BCUT2D eigenvalue weighted by atomic mass is 32.2. The van der Waals surface area contributed by atoms with Crippen LogP contribution in [0.4, 0.5) is 0 Å². The summed E-state index contributed by atoms with van der Waals surface area (Å²) in [5, 5.41) is -0.0639. The van der Waals surface area contributed by atoms with Crippen molar-refractivity contribution in [1.29, 1.82) is 0 Å². The zero-order chi connectivity index (χ0) is 18.9. The van der Waals surface area contributed by atoms with Crippen molar-refractivity contribution in [2.24, 2.45) is 28.6 Å². The summed E-state index contributed by atoms with van der Waals surface area (Å²) in [6, 6.07) is 0. The summed E-state index contributed by atoms with van der Waals surface area (Å²) in [6.07, 6.45) is 8.16. The highest BCUT2D eigenvalue weighted by Gasteiger charge is 2.59. The first-order valence-corrected chi connectivity index (χ1v) is 10.4. The monoisotopic (exact) mass is 370 g/mol. The van der Waals surface area contributed by atoms with Crippen LogP contribution in [0.3, 0.4) is 0 Å². The molecule has 0 aromatic carbocycles. The minimum absolute atomic E-state index is 0.0639. The smallest absolute Gasteiger partial charge is 0.192 e. The average Bonchev–Trinajstić information content (AvgIpc) is 2.86. The maximum absolute atomic E-state index is 12.5. The molecule has 0 aliphatic heterocycles. The van der Waals surface area contributed by atoms with Gasteiger partial charge in [0, 0.05) is 24.2 Å². The predicted molar refractivity (Wildman–Crippen MR) is 103 cm³/mol. The van der Waals surface area contributed by atoms with Crippen LogP contribution in [0, 0.1) is 28.6 Å². The van der Waals surface area contributed by atoms with Gasteiger partial charge in [-0.25, -0.2) is 0 Å². The van der Waals surface area contributed by atoms with Crippen molar-refractivity contribution in [1.82, 2.24) is 0 Å². The van der Waals surface area contributed by atoms with Gasteiger partial charge in [-0.2, -0.15) is 0 Å². The number of carbonyl (C=O) groups is 3. The van der Waals surface area contributed by atoms with E-state index in [1.165, 1.54) is 6.92 Å². The molecule has 0 aromatic heterocycles. The fourth-order valence-electron chi connectivity index (χ4n) is 6.35. The number of hydrogen-bond donors (Lipinski definition) is 0. The molecule has 4 rings (SSSR count). The Bertz CT molecular complexity index is 804. The molecule has 0 radical (unpaired) electrons. The van der Waals surface area contributed by atoms with Crippen molar-refractivity contribution in [2.45, 2.75) is 52.9 Å². The molecule has 0 amide bonds. The largest absolute Gasteiger partial charge is 0.299 e. The van der Waals surface area contributed by atoms with Gasteiger partial charge in [0.15, 0.2) is 10.9 Å². The molecule has 0 aromatic rings. The van der Waals surface area contributed by atoms with Crippen molar-refractivity contribution in [3.05, 3.63) is 34.8 Å². The van der Waals surface area contributed by atoms with Crippen LogP contribution in [0.1, 0.15) is 52.9 Å². The minimum atomic E-state index is -0.265. The van der Waals surface area contributed by atoms with Crippen LogP contribution in [-0.2, 0) is 14.4 Å². The molecule has 0 unspecified atom stereocenters. The molecule has 3 nitrogen and oxygen atoms in total. The molecule has 26 heavy (non-hydrogen) atoms. The standard InChI is InChI=1S/C22H26O3S/c1-12-11-14-15-5-6-18(25)21(15,3)9-7-16(14)22(4)10-8-17(24)20(19(12)22)26-13(2)23/h8,10,14-16H,1,5-7,9,11H2,2-4H3/t14-,15-,16-,21-,22+/m0/s1. The molecule has 138 valence electrons. The lowest BCUT2D eigenvalue weighted by Crippen LogP contribution is -2.50. The number of ketones is 2. The molecule has 4 heteroatoms. The van der Waals surface area contributed by atoms with Gasteiger partial charge in [-0.3, -0.25) is 14.4 Å². The molecule has 4 aliphatic rings. The highest BCUT2D eigenvalue weighted by Crippen LogP contribution is 2.65. The zero-order valence-electron chi connectivity index (χ0n) is 15.8. The molecule has 0 spiro atoms. The molecule has 5 atom stereocenters. The van der Waals surface area contributed by atoms with E-state index >= 15 is 0 Å². The van der Waals surface area contributed by atoms with Gasteiger partial charge in [0.2, 0.25) is 0 Å². The summed E-state index contributed by atoms with van der Waals surface area (Å²) >= 11 is 1.05. The van der Waals surface area contributed by atoms with Crippen LogP contribution in [0.15, 0.2) is 34.8 Å². The number of fused-ring (bicyclic) bond motifs is 5. The number of rotatable bonds is 1. The fourth-order valence-corrected chi connectivity index (χ4v) is 7.27. The SMILES string of the molecule is C=C1C[C@@H]2[C@H](CC[C@]3(C)C(=O)CC[C@@H]23)[C@@]2(C)C=CC(=O)C(SC(C)=O)=C12.